The first-order valence-electron chi connectivity index (χ1n) is 8.16. The highest BCUT2D eigenvalue weighted by molar-refractivity contribution is 5.91. The molecule has 23 heavy (non-hydrogen) atoms. The van der Waals surface area contributed by atoms with Crippen molar-refractivity contribution in [3.63, 3.8) is 0 Å². The molecular formula is C17H20N4O2. The Labute approximate surface area is 134 Å². The lowest BCUT2D eigenvalue weighted by Crippen LogP contribution is -2.33. The molecule has 0 aromatic carbocycles. The number of aromatic nitrogens is 2. The summed E-state index contributed by atoms with van der Waals surface area (Å²) in [4.78, 5) is 23.2. The third kappa shape index (κ3) is 2.93. The van der Waals surface area contributed by atoms with Crippen molar-refractivity contribution in [2.24, 2.45) is 0 Å². The topological polar surface area (TPSA) is 71.3 Å². The summed E-state index contributed by atoms with van der Waals surface area (Å²) in [5.41, 5.74) is 2.21. The van der Waals surface area contributed by atoms with Gasteiger partial charge in [0, 0.05) is 31.1 Å². The molecule has 6 nitrogen and oxygen atoms in total. The van der Waals surface area contributed by atoms with Gasteiger partial charge in [0.25, 0.3) is 5.91 Å². The van der Waals surface area contributed by atoms with E-state index in [0.29, 0.717) is 24.9 Å². The summed E-state index contributed by atoms with van der Waals surface area (Å²) in [6.45, 7) is 3.17. The number of nitrogens with one attached hydrogen (secondary N) is 1. The Hall–Kier alpha value is -2.37. The van der Waals surface area contributed by atoms with Gasteiger partial charge in [-0.15, -0.1) is 0 Å². The van der Waals surface area contributed by atoms with E-state index in [1.807, 2.05) is 17.9 Å². The zero-order valence-electron chi connectivity index (χ0n) is 13.2. The van der Waals surface area contributed by atoms with Crippen molar-refractivity contribution in [3.8, 4) is 0 Å². The molecule has 1 fully saturated rings. The van der Waals surface area contributed by atoms with Crippen molar-refractivity contribution >= 4 is 11.7 Å². The van der Waals surface area contributed by atoms with E-state index < -0.39 is 0 Å². The number of anilines is 1. The Morgan fingerprint density at radius 3 is 2.83 bits per heavy atom. The monoisotopic (exact) mass is 312 g/mol. The van der Waals surface area contributed by atoms with Gasteiger partial charge >= 0.3 is 0 Å². The van der Waals surface area contributed by atoms with Crippen LogP contribution >= 0.6 is 0 Å². The summed E-state index contributed by atoms with van der Waals surface area (Å²) < 4.78 is 5.47. The zero-order valence-corrected chi connectivity index (χ0v) is 13.2. The van der Waals surface area contributed by atoms with Crippen LogP contribution in [0.15, 0.2) is 22.9 Å². The van der Waals surface area contributed by atoms with Gasteiger partial charge in [0.2, 0.25) is 0 Å². The number of amides is 1. The molecule has 1 N–H and O–H groups in total. The molecule has 120 valence electrons. The maximum atomic E-state index is 12.6. The van der Waals surface area contributed by atoms with Gasteiger partial charge < -0.3 is 14.6 Å². The maximum Gasteiger partial charge on any atom is 0.289 e. The van der Waals surface area contributed by atoms with Crippen LogP contribution in [0.25, 0.3) is 0 Å². The Morgan fingerprint density at radius 1 is 1.26 bits per heavy atom. The second-order valence-electron chi connectivity index (χ2n) is 6.27. The Balaban J connectivity index is 1.52. The normalized spacial score (nSPS) is 17.5. The lowest BCUT2D eigenvalue weighted by molar-refractivity contribution is 0.0729. The molecule has 1 saturated carbocycles. The highest BCUT2D eigenvalue weighted by Gasteiger charge is 2.27. The summed E-state index contributed by atoms with van der Waals surface area (Å²) in [7, 11) is 0. The van der Waals surface area contributed by atoms with Crippen LogP contribution in [0, 0.1) is 6.92 Å². The van der Waals surface area contributed by atoms with Gasteiger partial charge in [-0.05, 0) is 38.3 Å². The molecule has 2 aromatic heterocycles. The fraction of sp³-hybridized carbons (Fsp3) is 0.471. The summed E-state index contributed by atoms with van der Waals surface area (Å²) in [6.07, 6.45) is 5.57. The van der Waals surface area contributed by atoms with E-state index in [0.717, 1.165) is 35.7 Å². The standard InChI is InChI=1S/C17H20N4O2/c1-11-2-5-15(23-11)17(22)21-8-6-13-14(7-9-21)18-10-19-16(13)20-12-3-4-12/h2,5,10,12H,3-4,6-9H2,1H3,(H,18,19,20). The van der Waals surface area contributed by atoms with Gasteiger partial charge in [0.15, 0.2) is 5.76 Å². The molecular weight excluding hydrogens is 292 g/mol. The first-order valence-corrected chi connectivity index (χ1v) is 8.16. The molecule has 0 atom stereocenters. The van der Waals surface area contributed by atoms with Crippen molar-refractivity contribution in [2.75, 3.05) is 18.4 Å². The van der Waals surface area contributed by atoms with Gasteiger partial charge in [0.1, 0.15) is 17.9 Å². The molecule has 6 heteroatoms. The number of aryl methyl sites for hydroxylation is 1. The fourth-order valence-corrected chi connectivity index (χ4v) is 2.98. The second kappa shape index (κ2) is 5.68. The predicted octanol–water partition coefficient (Wildman–Crippen LogP) is 2.19. The second-order valence-corrected chi connectivity index (χ2v) is 6.27. The summed E-state index contributed by atoms with van der Waals surface area (Å²) in [5, 5.41) is 3.48. The van der Waals surface area contributed by atoms with E-state index in [1.165, 1.54) is 12.8 Å². The minimum Gasteiger partial charge on any atom is -0.456 e. The van der Waals surface area contributed by atoms with Crippen molar-refractivity contribution < 1.29 is 9.21 Å². The Morgan fingerprint density at radius 2 is 2.09 bits per heavy atom. The third-order valence-electron chi connectivity index (χ3n) is 4.44. The van der Waals surface area contributed by atoms with Gasteiger partial charge in [-0.3, -0.25) is 4.79 Å². The molecule has 3 heterocycles. The average molecular weight is 312 g/mol. The minimum absolute atomic E-state index is 0.0458. The number of hydrogen-bond acceptors (Lipinski definition) is 5. The molecule has 1 amide bonds. The summed E-state index contributed by atoms with van der Waals surface area (Å²) >= 11 is 0. The number of furan rings is 1. The molecule has 1 aliphatic heterocycles. The van der Waals surface area contributed by atoms with Gasteiger partial charge in [-0.25, -0.2) is 9.97 Å². The molecule has 4 rings (SSSR count). The highest BCUT2D eigenvalue weighted by Crippen LogP contribution is 2.28. The zero-order chi connectivity index (χ0) is 15.8. The third-order valence-corrected chi connectivity index (χ3v) is 4.44. The van der Waals surface area contributed by atoms with Crippen LogP contribution in [0.3, 0.4) is 0 Å². The Bertz CT molecular complexity index is 736. The van der Waals surface area contributed by atoms with Crippen molar-refractivity contribution in [1.82, 2.24) is 14.9 Å². The number of nitrogens with zero attached hydrogens (tertiary/aromatic N) is 3. The first kappa shape index (κ1) is 14.2. The highest BCUT2D eigenvalue weighted by atomic mass is 16.3. The van der Waals surface area contributed by atoms with Gasteiger partial charge in [-0.1, -0.05) is 0 Å². The first-order chi connectivity index (χ1) is 11.2. The predicted molar refractivity (Wildman–Crippen MR) is 85.4 cm³/mol. The van der Waals surface area contributed by atoms with Crippen LogP contribution in [0.2, 0.25) is 0 Å². The molecule has 0 saturated heterocycles. The summed E-state index contributed by atoms with van der Waals surface area (Å²) in [5.74, 6) is 2.07. The van der Waals surface area contributed by atoms with Crippen molar-refractivity contribution in [3.05, 3.63) is 41.2 Å². The van der Waals surface area contributed by atoms with Gasteiger partial charge in [-0.2, -0.15) is 0 Å². The van der Waals surface area contributed by atoms with E-state index in [4.69, 9.17) is 4.42 Å². The van der Waals surface area contributed by atoms with Crippen LogP contribution in [0.5, 0.6) is 0 Å². The fourth-order valence-electron chi connectivity index (χ4n) is 2.98. The maximum absolute atomic E-state index is 12.6. The van der Waals surface area contributed by atoms with Gasteiger partial charge in [0.05, 0.1) is 5.69 Å². The number of rotatable bonds is 3. The molecule has 2 aromatic rings. The number of hydrogen-bond donors (Lipinski definition) is 1. The molecule has 2 aliphatic rings. The van der Waals surface area contributed by atoms with E-state index in [9.17, 15) is 4.79 Å². The van der Waals surface area contributed by atoms with Crippen LogP contribution in [0.4, 0.5) is 5.82 Å². The van der Waals surface area contributed by atoms with E-state index in [2.05, 4.69) is 15.3 Å². The quantitative estimate of drug-likeness (QED) is 0.940. The molecule has 0 spiro atoms. The SMILES string of the molecule is Cc1ccc(C(=O)N2CCc3ncnc(NC4CC4)c3CC2)o1. The molecule has 0 bridgehead atoms. The molecule has 1 aliphatic carbocycles. The lowest BCUT2D eigenvalue weighted by Gasteiger charge is -2.18. The van der Waals surface area contributed by atoms with E-state index in [-0.39, 0.29) is 5.91 Å². The smallest absolute Gasteiger partial charge is 0.289 e. The minimum atomic E-state index is -0.0458. The largest absolute Gasteiger partial charge is 0.456 e. The van der Waals surface area contributed by atoms with Crippen LogP contribution in [-0.2, 0) is 12.8 Å². The average Bonchev–Trinajstić information content (AvgIpc) is 3.30. The van der Waals surface area contributed by atoms with Crippen LogP contribution < -0.4 is 5.32 Å². The number of carbonyl (C=O) groups excluding carboxylic acids is 1. The molecule has 0 unspecified atom stereocenters. The van der Waals surface area contributed by atoms with Crippen LogP contribution in [-0.4, -0.2) is 39.9 Å². The number of carbonyl (C=O) groups is 1. The molecule has 0 radical (unpaired) electrons. The number of fused-ring (bicyclic) bond motifs is 1. The van der Waals surface area contributed by atoms with E-state index in [1.54, 1.807) is 12.4 Å². The Kier molecular flexibility index (Phi) is 3.52. The van der Waals surface area contributed by atoms with Crippen molar-refractivity contribution in [1.29, 1.82) is 0 Å². The van der Waals surface area contributed by atoms with Crippen molar-refractivity contribution in [2.45, 2.75) is 38.6 Å². The lowest BCUT2D eigenvalue weighted by atomic mass is 10.1. The summed E-state index contributed by atoms with van der Waals surface area (Å²) in [6, 6.07) is 4.12. The van der Waals surface area contributed by atoms with E-state index >= 15 is 0 Å². The van der Waals surface area contributed by atoms with Crippen LogP contribution in [0.1, 0.15) is 40.4 Å².